The number of hydrogen-bond donors (Lipinski definition) is 0. The molecular formula is C18H15N3O2S. The van der Waals surface area contributed by atoms with E-state index in [4.69, 9.17) is 10.00 Å². The fraction of sp³-hybridized carbons (Fsp3) is 0.167. The number of amides is 1. The number of aromatic nitrogens is 1. The maximum atomic E-state index is 12.4. The SMILES string of the molecule is CCOc1cccc2sc(=NC(=O)c3ccc(C#N)cc3)n(C)c12. The average molecular weight is 337 g/mol. The number of aryl methyl sites for hydroxylation is 1. The van der Waals surface area contributed by atoms with Gasteiger partial charge in [0.05, 0.1) is 22.9 Å². The Hall–Kier alpha value is -2.91. The molecule has 0 N–H and O–H groups in total. The van der Waals surface area contributed by atoms with E-state index in [1.165, 1.54) is 11.3 Å². The smallest absolute Gasteiger partial charge is 0.279 e. The highest BCUT2D eigenvalue weighted by atomic mass is 32.1. The molecule has 1 aromatic heterocycles. The molecule has 0 aliphatic heterocycles. The molecule has 0 saturated heterocycles. The van der Waals surface area contributed by atoms with Crippen LogP contribution in [0, 0.1) is 11.3 Å². The van der Waals surface area contributed by atoms with Crippen LogP contribution >= 0.6 is 11.3 Å². The van der Waals surface area contributed by atoms with Crippen molar-refractivity contribution in [3.63, 3.8) is 0 Å². The molecule has 24 heavy (non-hydrogen) atoms. The maximum Gasteiger partial charge on any atom is 0.279 e. The van der Waals surface area contributed by atoms with Gasteiger partial charge in [0.15, 0.2) is 4.80 Å². The molecule has 0 saturated carbocycles. The minimum atomic E-state index is -0.334. The fourth-order valence-corrected chi connectivity index (χ4v) is 3.42. The number of rotatable bonds is 3. The Morgan fingerprint density at radius 1 is 1.29 bits per heavy atom. The van der Waals surface area contributed by atoms with Crippen molar-refractivity contribution in [3.05, 3.63) is 58.4 Å². The van der Waals surface area contributed by atoms with Gasteiger partial charge in [-0.3, -0.25) is 4.79 Å². The number of benzene rings is 2. The van der Waals surface area contributed by atoms with E-state index >= 15 is 0 Å². The van der Waals surface area contributed by atoms with Crippen molar-refractivity contribution in [1.82, 2.24) is 4.57 Å². The summed E-state index contributed by atoms with van der Waals surface area (Å²) in [6.45, 7) is 2.51. The van der Waals surface area contributed by atoms with Crippen molar-refractivity contribution in [2.24, 2.45) is 12.0 Å². The Morgan fingerprint density at radius 3 is 2.71 bits per heavy atom. The molecule has 6 heteroatoms. The van der Waals surface area contributed by atoms with Crippen molar-refractivity contribution < 1.29 is 9.53 Å². The number of fused-ring (bicyclic) bond motifs is 1. The van der Waals surface area contributed by atoms with Crippen molar-refractivity contribution in [2.45, 2.75) is 6.92 Å². The van der Waals surface area contributed by atoms with Gasteiger partial charge in [-0.2, -0.15) is 10.3 Å². The third kappa shape index (κ3) is 2.94. The summed E-state index contributed by atoms with van der Waals surface area (Å²) in [6.07, 6.45) is 0. The average Bonchev–Trinajstić information content (AvgIpc) is 2.92. The van der Waals surface area contributed by atoms with Crippen LogP contribution in [0.25, 0.3) is 10.2 Å². The molecule has 120 valence electrons. The molecule has 1 amide bonds. The summed E-state index contributed by atoms with van der Waals surface area (Å²) < 4.78 is 8.53. The highest BCUT2D eigenvalue weighted by molar-refractivity contribution is 7.16. The molecule has 0 aliphatic rings. The molecule has 3 rings (SSSR count). The van der Waals surface area contributed by atoms with Gasteiger partial charge >= 0.3 is 0 Å². The number of para-hydroxylation sites is 1. The lowest BCUT2D eigenvalue weighted by molar-refractivity contribution is 0.0998. The molecule has 0 unspecified atom stereocenters. The van der Waals surface area contributed by atoms with Gasteiger partial charge in [0.1, 0.15) is 11.3 Å². The van der Waals surface area contributed by atoms with Crippen LogP contribution in [0.5, 0.6) is 5.75 Å². The van der Waals surface area contributed by atoms with E-state index in [9.17, 15) is 4.79 Å². The maximum absolute atomic E-state index is 12.4. The first-order valence-electron chi connectivity index (χ1n) is 7.44. The lowest BCUT2D eigenvalue weighted by Crippen LogP contribution is -2.13. The molecule has 0 fully saturated rings. The molecule has 1 heterocycles. The van der Waals surface area contributed by atoms with Crippen molar-refractivity contribution in [1.29, 1.82) is 5.26 Å². The zero-order valence-electron chi connectivity index (χ0n) is 13.3. The number of hydrogen-bond acceptors (Lipinski definition) is 4. The van der Waals surface area contributed by atoms with Crippen LogP contribution in [0.1, 0.15) is 22.8 Å². The topological polar surface area (TPSA) is 67.4 Å². The number of ether oxygens (including phenoxy) is 1. The van der Waals surface area contributed by atoms with Crippen LogP contribution in [-0.4, -0.2) is 17.1 Å². The molecule has 0 bridgehead atoms. The quantitative estimate of drug-likeness (QED) is 0.737. The molecule has 0 spiro atoms. The van der Waals surface area contributed by atoms with Gasteiger partial charge < -0.3 is 9.30 Å². The first-order valence-corrected chi connectivity index (χ1v) is 8.26. The Labute approximate surface area is 143 Å². The first kappa shape index (κ1) is 16.0. The summed E-state index contributed by atoms with van der Waals surface area (Å²) in [5.74, 6) is 0.445. The lowest BCUT2D eigenvalue weighted by atomic mass is 10.1. The highest BCUT2D eigenvalue weighted by Crippen LogP contribution is 2.26. The van der Waals surface area contributed by atoms with E-state index < -0.39 is 0 Å². The second-order valence-electron chi connectivity index (χ2n) is 5.09. The van der Waals surface area contributed by atoms with E-state index in [2.05, 4.69) is 4.99 Å². The Kier molecular flexibility index (Phi) is 4.45. The summed E-state index contributed by atoms with van der Waals surface area (Å²) in [5, 5.41) is 8.82. The van der Waals surface area contributed by atoms with Crippen LogP contribution in [0.2, 0.25) is 0 Å². The predicted molar refractivity (Wildman–Crippen MR) is 93.0 cm³/mol. The normalized spacial score (nSPS) is 11.5. The zero-order chi connectivity index (χ0) is 17.1. The van der Waals surface area contributed by atoms with Crippen LogP contribution in [0.3, 0.4) is 0 Å². The number of carbonyl (C=O) groups is 1. The number of nitriles is 1. The van der Waals surface area contributed by atoms with Gasteiger partial charge in [-0.1, -0.05) is 17.4 Å². The number of nitrogens with zero attached hydrogens (tertiary/aromatic N) is 3. The molecule has 0 radical (unpaired) electrons. The molecular weight excluding hydrogens is 322 g/mol. The summed E-state index contributed by atoms with van der Waals surface area (Å²) in [5.41, 5.74) is 1.90. The minimum Gasteiger partial charge on any atom is -0.492 e. The standard InChI is InChI=1S/C18H15N3O2S/c1-3-23-14-5-4-6-15-16(14)21(2)18(24-15)20-17(22)13-9-7-12(11-19)8-10-13/h4-10H,3H2,1-2H3. The van der Waals surface area contributed by atoms with E-state index in [0.717, 1.165) is 16.0 Å². The summed E-state index contributed by atoms with van der Waals surface area (Å²) in [4.78, 5) is 17.2. The van der Waals surface area contributed by atoms with Crippen LogP contribution in [0.4, 0.5) is 0 Å². The third-order valence-electron chi connectivity index (χ3n) is 3.54. The van der Waals surface area contributed by atoms with Crippen LogP contribution in [-0.2, 0) is 7.05 Å². The van der Waals surface area contributed by atoms with Crippen molar-refractivity contribution in [2.75, 3.05) is 6.61 Å². The molecule has 5 nitrogen and oxygen atoms in total. The highest BCUT2D eigenvalue weighted by Gasteiger charge is 2.10. The van der Waals surface area contributed by atoms with Gasteiger partial charge in [-0.05, 0) is 43.3 Å². The molecule has 3 aromatic rings. The predicted octanol–water partition coefficient (Wildman–Crippen LogP) is 3.25. The van der Waals surface area contributed by atoms with E-state index in [-0.39, 0.29) is 5.91 Å². The van der Waals surface area contributed by atoms with Crippen molar-refractivity contribution >= 4 is 27.5 Å². The molecule has 0 atom stereocenters. The minimum absolute atomic E-state index is 0.334. The second kappa shape index (κ2) is 6.69. The summed E-state index contributed by atoms with van der Waals surface area (Å²) >= 11 is 1.44. The van der Waals surface area contributed by atoms with Crippen LogP contribution < -0.4 is 9.54 Å². The fourth-order valence-electron chi connectivity index (χ4n) is 2.39. The number of thiazole rings is 1. The zero-order valence-corrected chi connectivity index (χ0v) is 14.1. The monoisotopic (exact) mass is 337 g/mol. The Balaban J connectivity index is 2.06. The van der Waals surface area contributed by atoms with Gasteiger partial charge in [-0.25, -0.2) is 0 Å². The van der Waals surface area contributed by atoms with Crippen LogP contribution in [0.15, 0.2) is 47.5 Å². The molecule has 0 aliphatic carbocycles. The van der Waals surface area contributed by atoms with Gasteiger partial charge in [-0.15, -0.1) is 0 Å². The Morgan fingerprint density at radius 2 is 2.04 bits per heavy atom. The lowest BCUT2D eigenvalue weighted by Gasteiger charge is -2.05. The van der Waals surface area contributed by atoms with Crippen molar-refractivity contribution in [3.8, 4) is 11.8 Å². The number of carbonyl (C=O) groups excluding carboxylic acids is 1. The Bertz CT molecular complexity index is 1010. The second-order valence-corrected chi connectivity index (χ2v) is 6.09. The third-order valence-corrected chi connectivity index (χ3v) is 4.64. The van der Waals surface area contributed by atoms with Gasteiger partial charge in [0.2, 0.25) is 0 Å². The summed E-state index contributed by atoms with van der Waals surface area (Å²) in [6, 6.07) is 14.3. The van der Waals surface area contributed by atoms with Gasteiger partial charge in [0.25, 0.3) is 5.91 Å². The summed E-state index contributed by atoms with van der Waals surface area (Å²) in [7, 11) is 1.87. The molecule has 2 aromatic carbocycles. The van der Waals surface area contributed by atoms with Gasteiger partial charge in [0, 0.05) is 12.6 Å². The van der Waals surface area contributed by atoms with E-state index in [1.54, 1.807) is 24.3 Å². The largest absolute Gasteiger partial charge is 0.492 e. The van der Waals surface area contributed by atoms with E-state index in [1.807, 2.05) is 42.8 Å². The van der Waals surface area contributed by atoms with E-state index in [0.29, 0.717) is 22.5 Å². The first-order chi connectivity index (χ1) is 11.6.